The average molecular weight is 237 g/mol. The second kappa shape index (κ2) is 4.58. The predicted octanol–water partition coefficient (Wildman–Crippen LogP) is 3.42. The van der Waals surface area contributed by atoms with Crippen LogP contribution in [0.1, 0.15) is 24.1 Å². The zero-order valence-electron chi connectivity index (χ0n) is 8.69. The highest BCUT2D eigenvalue weighted by Gasteiger charge is 2.14. The summed E-state index contributed by atoms with van der Waals surface area (Å²) in [5.74, 6) is -0.369. The second-order valence-corrected chi connectivity index (χ2v) is 3.90. The molecule has 0 aliphatic rings. The number of nitrogens with zero attached hydrogens (tertiary/aromatic N) is 2. The van der Waals surface area contributed by atoms with Gasteiger partial charge in [0.05, 0.1) is 5.69 Å². The van der Waals surface area contributed by atoms with Gasteiger partial charge in [-0.05, 0) is 17.7 Å². The molecule has 4 heteroatoms. The minimum Gasteiger partial charge on any atom is -0.241 e. The summed E-state index contributed by atoms with van der Waals surface area (Å²) in [5, 5.41) is 0.369. The fourth-order valence-electron chi connectivity index (χ4n) is 1.57. The number of hydrogen-bond donors (Lipinski definition) is 0. The van der Waals surface area contributed by atoms with Gasteiger partial charge >= 0.3 is 0 Å². The number of aromatic nitrogens is 2. The number of halogens is 2. The van der Waals surface area contributed by atoms with Gasteiger partial charge in [-0.25, -0.2) is 14.4 Å². The lowest BCUT2D eigenvalue weighted by molar-refractivity contribution is 0.601. The van der Waals surface area contributed by atoms with Crippen LogP contribution in [0.25, 0.3) is 0 Å². The molecule has 0 N–H and O–H groups in total. The van der Waals surface area contributed by atoms with Crippen molar-refractivity contribution >= 4 is 11.6 Å². The highest BCUT2D eigenvalue weighted by Crippen LogP contribution is 2.25. The van der Waals surface area contributed by atoms with Crippen LogP contribution in [-0.4, -0.2) is 9.97 Å². The lowest BCUT2D eigenvalue weighted by Crippen LogP contribution is -2.02. The van der Waals surface area contributed by atoms with Crippen LogP contribution in [0, 0.1) is 5.82 Å². The molecular weight excluding hydrogens is 227 g/mol. The van der Waals surface area contributed by atoms with E-state index in [2.05, 4.69) is 9.97 Å². The maximum Gasteiger partial charge on any atom is 0.132 e. The van der Waals surface area contributed by atoms with Gasteiger partial charge in [0.15, 0.2) is 0 Å². The predicted molar refractivity (Wildman–Crippen MR) is 61.0 cm³/mol. The molecule has 0 bridgehead atoms. The largest absolute Gasteiger partial charge is 0.241 e. The first-order valence-electron chi connectivity index (χ1n) is 4.90. The molecule has 1 aromatic carbocycles. The molecule has 0 aliphatic heterocycles. The Morgan fingerprint density at radius 2 is 2.00 bits per heavy atom. The molecule has 0 radical (unpaired) electrons. The number of hydrogen-bond acceptors (Lipinski definition) is 2. The van der Waals surface area contributed by atoms with Gasteiger partial charge in [-0.3, -0.25) is 0 Å². The smallest absolute Gasteiger partial charge is 0.132 e. The molecule has 1 atom stereocenters. The van der Waals surface area contributed by atoms with Gasteiger partial charge in [0.2, 0.25) is 0 Å². The lowest BCUT2D eigenvalue weighted by Gasteiger charge is -2.11. The van der Waals surface area contributed by atoms with Crippen molar-refractivity contribution in [1.29, 1.82) is 0 Å². The van der Waals surface area contributed by atoms with Crippen LogP contribution in [0.3, 0.4) is 0 Å². The molecule has 0 amide bonds. The maximum absolute atomic E-state index is 13.5. The zero-order chi connectivity index (χ0) is 11.5. The first-order valence-corrected chi connectivity index (χ1v) is 5.28. The third-order valence-electron chi connectivity index (χ3n) is 2.47. The second-order valence-electron chi connectivity index (χ2n) is 3.51. The molecule has 1 unspecified atom stereocenters. The van der Waals surface area contributed by atoms with Crippen LogP contribution < -0.4 is 0 Å². The topological polar surface area (TPSA) is 25.8 Å². The van der Waals surface area contributed by atoms with Gasteiger partial charge in [0, 0.05) is 5.92 Å². The van der Waals surface area contributed by atoms with Crippen LogP contribution in [0.2, 0.25) is 5.15 Å². The first kappa shape index (κ1) is 11.0. The SMILES string of the molecule is CC(c1cc(Cl)ncn1)c1ccccc1F. The molecule has 0 aliphatic carbocycles. The third kappa shape index (κ3) is 2.19. The van der Waals surface area contributed by atoms with E-state index in [-0.39, 0.29) is 11.7 Å². The molecule has 2 aromatic rings. The van der Waals surface area contributed by atoms with Crippen LogP contribution in [0.4, 0.5) is 4.39 Å². The quantitative estimate of drug-likeness (QED) is 0.747. The van der Waals surface area contributed by atoms with E-state index in [1.807, 2.05) is 6.92 Å². The third-order valence-corrected chi connectivity index (χ3v) is 2.68. The Kier molecular flexibility index (Phi) is 3.15. The van der Waals surface area contributed by atoms with Crippen molar-refractivity contribution in [2.75, 3.05) is 0 Å². The molecule has 0 saturated heterocycles. The fourth-order valence-corrected chi connectivity index (χ4v) is 1.73. The highest BCUT2D eigenvalue weighted by molar-refractivity contribution is 6.29. The van der Waals surface area contributed by atoms with Crippen LogP contribution in [0.15, 0.2) is 36.7 Å². The Morgan fingerprint density at radius 3 is 2.69 bits per heavy atom. The fraction of sp³-hybridized carbons (Fsp3) is 0.167. The van der Waals surface area contributed by atoms with E-state index in [9.17, 15) is 4.39 Å². The molecule has 1 heterocycles. The van der Waals surface area contributed by atoms with Crippen molar-refractivity contribution in [3.63, 3.8) is 0 Å². The van der Waals surface area contributed by atoms with Crippen molar-refractivity contribution in [1.82, 2.24) is 9.97 Å². The van der Waals surface area contributed by atoms with Crippen LogP contribution >= 0.6 is 11.6 Å². The van der Waals surface area contributed by atoms with Crippen LogP contribution in [0.5, 0.6) is 0 Å². The number of benzene rings is 1. The molecule has 0 spiro atoms. The van der Waals surface area contributed by atoms with Crippen molar-refractivity contribution in [3.05, 3.63) is 58.9 Å². The van der Waals surface area contributed by atoms with E-state index in [4.69, 9.17) is 11.6 Å². The molecule has 16 heavy (non-hydrogen) atoms. The van der Waals surface area contributed by atoms with Crippen molar-refractivity contribution in [3.8, 4) is 0 Å². The summed E-state index contributed by atoms with van der Waals surface area (Å²) in [6, 6.07) is 8.31. The van der Waals surface area contributed by atoms with E-state index >= 15 is 0 Å². The molecule has 1 aromatic heterocycles. The Morgan fingerprint density at radius 1 is 1.25 bits per heavy atom. The molecule has 0 fully saturated rings. The standard InChI is InChI=1S/C12H10ClFN2/c1-8(9-4-2-3-5-10(9)14)11-6-12(13)16-7-15-11/h2-8H,1H3. The van der Waals surface area contributed by atoms with Gasteiger partial charge in [-0.1, -0.05) is 36.7 Å². The average Bonchev–Trinajstić information content (AvgIpc) is 2.29. The molecule has 82 valence electrons. The summed E-state index contributed by atoms with van der Waals surface area (Å²) in [6.45, 7) is 1.89. The minimum atomic E-state index is -0.232. The Hall–Kier alpha value is -1.48. The van der Waals surface area contributed by atoms with E-state index < -0.39 is 0 Å². The molecular formula is C12H10ClFN2. The van der Waals surface area contributed by atoms with E-state index in [0.29, 0.717) is 16.4 Å². The van der Waals surface area contributed by atoms with E-state index in [1.165, 1.54) is 12.4 Å². The summed E-state index contributed by atoms with van der Waals surface area (Å²) >= 11 is 5.77. The summed E-state index contributed by atoms with van der Waals surface area (Å²) in [7, 11) is 0. The minimum absolute atomic E-state index is 0.137. The van der Waals surface area contributed by atoms with Gasteiger partial charge in [-0.15, -0.1) is 0 Å². The Bertz CT molecular complexity index is 502. The molecule has 2 rings (SSSR count). The summed E-state index contributed by atoms with van der Waals surface area (Å²) in [6.07, 6.45) is 1.38. The monoisotopic (exact) mass is 236 g/mol. The van der Waals surface area contributed by atoms with Gasteiger partial charge in [0.1, 0.15) is 17.3 Å². The Balaban J connectivity index is 2.39. The maximum atomic E-state index is 13.5. The van der Waals surface area contributed by atoms with Crippen LogP contribution in [-0.2, 0) is 0 Å². The van der Waals surface area contributed by atoms with Crippen molar-refractivity contribution in [2.45, 2.75) is 12.8 Å². The summed E-state index contributed by atoms with van der Waals surface area (Å²) in [5.41, 5.74) is 1.32. The van der Waals surface area contributed by atoms with Crippen molar-refractivity contribution in [2.24, 2.45) is 0 Å². The van der Waals surface area contributed by atoms with E-state index in [0.717, 1.165) is 0 Å². The molecule has 2 nitrogen and oxygen atoms in total. The van der Waals surface area contributed by atoms with E-state index in [1.54, 1.807) is 24.3 Å². The first-order chi connectivity index (χ1) is 7.68. The Labute approximate surface area is 98.1 Å². The van der Waals surface area contributed by atoms with Crippen molar-refractivity contribution < 1.29 is 4.39 Å². The molecule has 0 saturated carbocycles. The van der Waals surface area contributed by atoms with Gasteiger partial charge in [-0.2, -0.15) is 0 Å². The summed E-state index contributed by atoms with van der Waals surface area (Å²) < 4.78 is 13.5. The van der Waals surface area contributed by atoms with Gasteiger partial charge < -0.3 is 0 Å². The number of rotatable bonds is 2. The normalized spacial score (nSPS) is 12.4. The van der Waals surface area contributed by atoms with Gasteiger partial charge in [0.25, 0.3) is 0 Å². The summed E-state index contributed by atoms with van der Waals surface area (Å²) in [4.78, 5) is 7.89. The highest BCUT2D eigenvalue weighted by atomic mass is 35.5. The lowest BCUT2D eigenvalue weighted by atomic mass is 9.97. The zero-order valence-corrected chi connectivity index (χ0v) is 9.45.